The van der Waals surface area contributed by atoms with Crippen LogP contribution in [0, 0.1) is 11.8 Å². The van der Waals surface area contributed by atoms with Crippen LogP contribution in [0.1, 0.15) is 17.5 Å². The molecule has 1 fully saturated rings. The maximum atomic E-state index is 13.7. The van der Waals surface area contributed by atoms with Gasteiger partial charge in [0.25, 0.3) is 5.91 Å². The quantitative estimate of drug-likeness (QED) is 0.296. The number of aliphatic hydroxyl groups excluding tert-OH is 2. The summed E-state index contributed by atoms with van der Waals surface area (Å²) < 4.78 is 0. The fraction of sp³-hybridized carbons (Fsp3) is 0.435. The molecule has 0 aliphatic heterocycles. The zero-order chi connectivity index (χ0) is 24.6. The Balaban J connectivity index is 0.00000216. The fourth-order valence-electron chi connectivity index (χ4n) is 5.65. The van der Waals surface area contributed by atoms with Crippen LogP contribution in [0.2, 0.25) is 0 Å². The molecule has 0 saturated heterocycles. The number of carbonyl (C=O) groups excluding carboxylic acids is 3. The molecule has 3 aliphatic carbocycles. The molecule has 1 amide bonds. The molecule has 36 heavy (non-hydrogen) atoms. The molecule has 4 unspecified atom stereocenters. The number of halogens is 1. The van der Waals surface area contributed by atoms with Crippen molar-refractivity contribution in [2.75, 3.05) is 33.1 Å². The molecule has 4 rings (SSSR count). The second kappa shape index (κ2) is 10.1. The predicted molar refractivity (Wildman–Crippen MR) is 133 cm³/mol. The number of ketones is 2. The van der Waals surface area contributed by atoms with Crippen molar-refractivity contribution in [3.05, 3.63) is 40.2 Å². The van der Waals surface area contributed by atoms with Crippen LogP contribution in [0.5, 0.6) is 5.75 Å². The van der Waals surface area contributed by atoms with Crippen molar-refractivity contribution >= 4 is 41.3 Å². The van der Waals surface area contributed by atoms with Crippen molar-refractivity contribution in [2.45, 2.75) is 24.5 Å². The third kappa shape index (κ3) is 3.91. The van der Waals surface area contributed by atoms with Crippen molar-refractivity contribution in [3.63, 3.8) is 0 Å². The lowest BCUT2D eigenvalue weighted by atomic mass is 9.57. The van der Waals surface area contributed by atoms with Crippen molar-refractivity contribution in [1.29, 1.82) is 0 Å². The zero-order valence-corrected chi connectivity index (χ0v) is 21.0. The smallest absolute Gasteiger partial charge is 0.255 e. The SMILES string of the molecule is CN(C)c1ccc(O)c2c1CC1CC3C(N(C)C)C(=O)C(C(N)=O)=C(O)C3(O)C(=O)C1=C2O.Cl.O.O. The zero-order valence-electron chi connectivity index (χ0n) is 20.2. The number of hydrogen-bond acceptors (Lipinski definition) is 9. The third-order valence-electron chi connectivity index (χ3n) is 7.06. The van der Waals surface area contributed by atoms with E-state index in [0.29, 0.717) is 5.56 Å². The number of benzene rings is 1. The number of amides is 1. The summed E-state index contributed by atoms with van der Waals surface area (Å²) in [4.78, 5) is 42.0. The minimum Gasteiger partial charge on any atom is -0.508 e. The number of likely N-dealkylation sites (N-methyl/N-ethyl adjacent to an activating group) is 1. The molecule has 12 nitrogen and oxygen atoms in total. The summed E-state index contributed by atoms with van der Waals surface area (Å²) in [7, 11) is 6.75. The Kier molecular flexibility index (Phi) is 8.63. The number of primary amides is 1. The minimum absolute atomic E-state index is 0. The maximum absolute atomic E-state index is 13.7. The highest BCUT2D eigenvalue weighted by Crippen LogP contribution is 2.53. The topological polar surface area (TPSA) is 228 Å². The van der Waals surface area contributed by atoms with Gasteiger partial charge in [0.15, 0.2) is 11.4 Å². The number of rotatable bonds is 3. The van der Waals surface area contributed by atoms with E-state index in [1.165, 1.54) is 11.0 Å². The summed E-state index contributed by atoms with van der Waals surface area (Å²) in [6.07, 6.45) is 0.324. The summed E-state index contributed by atoms with van der Waals surface area (Å²) in [5, 5.41) is 43.9. The normalized spacial score (nSPS) is 26.7. The highest BCUT2D eigenvalue weighted by molar-refractivity contribution is 6.24. The first-order chi connectivity index (χ1) is 15.3. The van der Waals surface area contributed by atoms with E-state index in [-0.39, 0.29) is 53.1 Å². The molecular formula is C23H32ClN3O9. The lowest BCUT2D eigenvalue weighted by molar-refractivity contribution is -0.153. The van der Waals surface area contributed by atoms with E-state index in [4.69, 9.17) is 5.73 Å². The summed E-state index contributed by atoms with van der Waals surface area (Å²) in [6, 6.07) is 2.01. The van der Waals surface area contributed by atoms with Gasteiger partial charge in [-0.1, -0.05) is 0 Å². The monoisotopic (exact) mass is 529 g/mol. The van der Waals surface area contributed by atoms with E-state index >= 15 is 0 Å². The van der Waals surface area contributed by atoms with E-state index in [9.17, 15) is 34.8 Å². The van der Waals surface area contributed by atoms with Crippen molar-refractivity contribution < 1.29 is 45.8 Å². The molecule has 13 heteroatoms. The van der Waals surface area contributed by atoms with Gasteiger partial charge in [0, 0.05) is 31.3 Å². The number of aliphatic hydroxyl groups is 3. The molecular weight excluding hydrogens is 498 g/mol. The van der Waals surface area contributed by atoms with Crippen LogP contribution >= 0.6 is 12.4 Å². The van der Waals surface area contributed by atoms with Gasteiger partial charge in [-0.15, -0.1) is 12.4 Å². The molecule has 0 heterocycles. The Hall–Kier alpha value is -3.16. The molecule has 1 aromatic carbocycles. The predicted octanol–water partition coefficient (Wildman–Crippen LogP) is -1.20. The van der Waals surface area contributed by atoms with Crippen LogP contribution in [0.3, 0.4) is 0 Å². The van der Waals surface area contributed by atoms with Crippen LogP contribution in [-0.2, 0) is 20.8 Å². The molecule has 1 saturated carbocycles. The first-order valence-electron chi connectivity index (χ1n) is 10.5. The van der Waals surface area contributed by atoms with Gasteiger partial charge >= 0.3 is 0 Å². The molecule has 0 spiro atoms. The first kappa shape index (κ1) is 30.9. The van der Waals surface area contributed by atoms with E-state index in [0.717, 1.165) is 5.69 Å². The van der Waals surface area contributed by atoms with E-state index in [1.807, 2.05) is 19.0 Å². The van der Waals surface area contributed by atoms with Crippen molar-refractivity contribution in [2.24, 2.45) is 17.6 Å². The second-order valence-corrected chi connectivity index (χ2v) is 9.31. The van der Waals surface area contributed by atoms with Crippen LogP contribution in [0.4, 0.5) is 5.69 Å². The number of carbonyl (C=O) groups is 3. The van der Waals surface area contributed by atoms with E-state index in [1.54, 1.807) is 20.2 Å². The number of nitrogens with zero attached hydrogens (tertiary/aromatic N) is 2. The number of fused-ring (bicyclic) bond motifs is 3. The number of hydrogen-bond donors (Lipinski definition) is 5. The summed E-state index contributed by atoms with van der Waals surface area (Å²) in [5.41, 5.74) is 3.15. The summed E-state index contributed by atoms with van der Waals surface area (Å²) >= 11 is 0. The number of anilines is 1. The number of phenols is 1. The molecule has 0 radical (unpaired) electrons. The van der Waals surface area contributed by atoms with E-state index < -0.39 is 58.0 Å². The Bertz CT molecular complexity index is 1180. The Morgan fingerprint density at radius 2 is 1.67 bits per heavy atom. The lowest BCUT2D eigenvalue weighted by Gasteiger charge is -2.50. The van der Waals surface area contributed by atoms with Crippen LogP contribution in [0.15, 0.2) is 29.0 Å². The van der Waals surface area contributed by atoms with Gasteiger partial charge in [0.1, 0.15) is 22.8 Å². The molecule has 4 atom stereocenters. The third-order valence-corrected chi connectivity index (χ3v) is 7.06. The number of Topliss-reactive ketones (excluding diaryl/α,β-unsaturated/α-hetero) is 2. The summed E-state index contributed by atoms with van der Waals surface area (Å²) in [6.45, 7) is 0. The van der Waals surface area contributed by atoms with Gasteiger partial charge in [-0.25, -0.2) is 0 Å². The molecule has 0 bridgehead atoms. The van der Waals surface area contributed by atoms with Gasteiger partial charge in [-0.05, 0) is 50.6 Å². The van der Waals surface area contributed by atoms with Gasteiger partial charge < -0.3 is 42.0 Å². The molecule has 0 aromatic heterocycles. The van der Waals surface area contributed by atoms with Gasteiger partial charge in [0.2, 0.25) is 5.78 Å². The molecule has 200 valence electrons. The van der Waals surface area contributed by atoms with Crippen molar-refractivity contribution in [1.82, 2.24) is 4.90 Å². The maximum Gasteiger partial charge on any atom is 0.255 e. The van der Waals surface area contributed by atoms with Gasteiger partial charge in [-0.2, -0.15) is 0 Å². The standard InChI is InChI=1S/C23H27N3O7.ClH.2H2O/c1-25(2)12-5-6-13(27)15-10(12)7-9-8-11-17(26(3)4)19(29)16(22(24)32)21(31)23(11,33)20(30)14(9)18(15)28;;;/h5-6,9,11,17,27-28,31,33H,7-8H2,1-4H3,(H2,24,32);1H;2*1H2. The molecule has 3 aliphatic rings. The van der Waals surface area contributed by atoms with Gasteiger partial charge in [-0.3, -0.25) is 19.3 Å². The fourth-order valence-corrected chi connectivity index (χ4v) is 5.65. The number of nitrogens with two attached hydrogens (primary N) is 1. The van der Waals surface area contributed by atoms with Gasteiger partial charge in [0.05, 0.1) is 11.6 Å². The molecule has 1 aromatic rings. The second-order valence-electron chi connectivity index (χ2n) is 9.31. The lowest BCUT2D eigenvalue weighted by Crippen LogP contribution is -2.65. The highest BCUT2D eigenvalue weighted by atomic mass is 35.5. The average molecular weight is 530 g/mol. The van der Waals surface area contributed by atoms with E-state index in [2.05, 4.69) is 0 Å². The Labute approximate surface area is 213 Å². The van der Waals surface area contributed by atoms with Crippen LogP contribution < -0.4 is 10.6 Å². The first-order valence-corrected chi connectivity index (χ1v) is 10.5. The number of aromatic hydroxyl groups is 1. The minimum atomic E-state index is -2.63. The van der Waals surface area contributed by atoms with Crippen LogP contribution in [-0.4, -0.2) is 93.6 Å². The Morgan fingerprint density at radius 1 is 1.08 bits per heavy atom. The van der Waals surface area contributed by atoms with Crippen molar-refractivity contribution in [3.8, 4) is 5.75 Å². The highest BCUT2D eigenvalue weighted by Gasteiger charge is 2.64. The largest absolute Gasteiger partial charge is 0.508 e. The number of phenolic OH excluding ortho intramolecular Hbond substituents is 1. The molecule has 10 N–H and O–H groups in total. The summed E-state index contributed by atoms with van der Waals surface area (Å²) in [5.74, 6) is -6.54. The average Bonchev–Trinajstić information content (AvgIpc) is 2.70. The van der Waals surface area contributed by atoms with Crippen LogP contribution in [0.25, 0.3) is 5.76 Å². The Morgan fingerprint density at radius 3 is 2.17 bits per heavy atom.